The van der Waals surface area contributed by atoms with Gasteiger partial charge in [0.2, 0.25) is 0 Å². The summed E-state index contributed by atoms with van der Waals surface area (Å²) in [5.74, 6) is -2.31. The van der Waals surface area contributed by atoms with E-state index in [9.17, 15) is 18.8 Å². The zero-order valence-electron chi connectivity index (χ0n) is 7.64. The lowest BCUT2D eigenvalue weighted by Gasteiger charge is -2.29. The topological polar surface area (TPSA) is 113 Å². The third-order valence-electron chi connectivity index (χ3n) is 1.92. The number of alkyl halides is 1. The van der Waals surface area contributed by atoms with Crippen molar-refractivity contribution in [2.24, 2.45) is 5.73 Å². The SMILES string of the molecule is N[C@@H](CN1CC(F)C(=O)NC1=O)C(=O)O. The molecule has 0 aromatic heterocycles. The van der Waals surface area contributed by atoms with Gasteiger partial charge in [0.15, 0.2) is 6.17 Å². The minimum atomic E-state index is -1.84. The number of amides is 3. The highest BCUT2D eigenvalue weighted by molar-refractivity contribution is 5.99. The molecular formula is C7H10FN3O4. The molecule has 1 unspecified atom stereocenters. The van der Waals surface area contributed by atoms with E-state index in [1.807, 2.05) is 0 Å². The van der Waals surface area contributed by atoms with Crippen LogP contribution in [0.3, 0.4) is 0 Å². The lowest BCUT2D eigenvalue weighted by atomic mass is 10.2. The van der Waals surface area contributed by atoms with Gasteiger partial charge in [-0.1, -0.05) is 0 Å². The number of carboxylic acid groups (broad SMARTS) is 1. The van der Waals surface area contributed by atoms with Crippen LogP contribution >= 0.6 is 0 Å². The molecule has 0 aromatic carbocycles. The van der Waals surface area contributed by atoms with E-state index in [1.165, 1.54) is 0 Å². The molecule has 1 fully saturated rings. The van der Waals surface area contributed by atoms with Crippen LogP contribution in [0.1, 0.15) is 0 Å². The summed E-state index contributed by atoms with van der Waals surface area (Å²) in [7, 11) is 0. The first-order valence-corrected chi connectivity index (χ1v) is 4.14. The normalized spacial score (nSPS) is 23.6. The molecule has 1 rings (SSSR count). The van der Waals surface area contributed by atoms with Crippen molar-refractivity contribution in [1.29, 1.82) is 0 Å². The molecule has 1 aliphatic rings. The highest BCUT2D eigenvalue weighted by Crippen LogP contribution is 2.05. The molecule has 3 amide bonds. The third kappa shape index (κ3) is 2.62. The van der Waals surface area contributed by atoms with Crippen molar-refractivity contribution in [3.8, 4) is 0 Å². The van der Waals surface area contributed by atoms with Crippen molar-refractivity contribution in [3.05, 3.63) is 0 Å². The Morgan fingerprint density at radius 1 is 1.73 bits per heavy atom. The van der Waals surface area contributed by atoms with Crippen molar-refractivity contribution in [2.75, 3.05) is 13.1 Å². The molecular weight excluding hydrogens is 209 g/mol. The van der Waals surface area contributed by atoms with Gasteiger partial charge in [-0.3, -0.25) is 14.9 Å². The fourth-order valence-electron chi connectivity index (χ4n) is 1.10. The molecule has 1 aliphatic heterocycles. The Bertz CT molecular complexity index is 309. The van der Waals surface area contributed by atoms with Gasteiger partial charge in [-0.05, 0) is 0 Å². The molecule has 4 N–H and O–H groups in total. The first kappa shape index (κ1) is 11.4. The minimum absolute atomic E-state index is 0.338. The Hall–Kier alpha value is -1.70. The van der Waals surface area contributed by atoms with Gasteiger partial charge in [0.1, 0.15) is 6.04 Å². The summed E-state index contributed by atoms with van der Waals surface area (Å²) in [4.78, 5) is 33.0. The number of halogens is 1. The van der Waals surface area contributed by atoms with Gasteiger partial charge in [-0.2, -0.15) is 0 Å². The van der Waals surface area contributed by atoms with Crippen LogP contribution in [-0.2, 0) is 9.59 Å². The maximum Gasteiger partial charge on any atom is 0.324 e. The fraction of sp³-hybridized carbons (Fsp3) is 0.571. The van der Waals surface area contributed by atoms with E-state index in [0.717, 1.165) is 4.90 Å². The molecule has 2 atom stereocenters. The van der Waals surface area contributed by atoms with Crippen LogP contribution in [0.25, 0.3) is 0 Å². The van der Waals surface area contributed by atoms with Crippen molar-refractivity contribution in [2.45, 2.75) is 12.2 Å². The monoisotopic (exact) mass is 219 g/mol. The number of nitrogens with zero attached hydrogens (tertiary/aromatic N) is 1. The van der Waals surface area contributed by atoms with Crippen LogP contribution in [0.5, 0.6) is 0 Å². The van der Waals surface area contributed by atoms with E-state index in [2.05, 4.69) is 0 Å². The van der Waals surface area contributed by atoms with Crippen LogP contribution in [0, 0.1) is 0 Å². The van der Waals surface area contributed by atoms with Gasteiger partial charge < -0.3 is 15.7 Å². The second kappa shape index (κ2) is 4.22. The number of carboxylic acids is 1. The van der Waals surface area contributed by atoms with Gasteiger partial charge in [0.25, 0.3) is 5.91 Å². The smallest absolute Gasteiger partial charge is 0.324 e. The zero-order valence-corrected chi connectivity index (χ0v) is 7.64. The summed E-state index contributed by atoms with van der Waals surface area (Å²) < 4.78 is 12.9. The van der Waals surface area contributed by atoms with Crippen molar-refractivity contribution < 1.29 is 23.9 Å². The van der Waals surface area contributed by atoms with E-state index >= 15 is 0 Å². The number of urea groups is 1. The van der Waals surface area contributed by atoms with E-state index in [0.29, 0.717) is 0 Å². The van der Waals surface area contributed by atoms with Crippen LogP contribution < -0.4 is 11.1 Å². The van der Waals surface area contributed by atoms with Crippen LogP contribution in [0.15, 0.2) is 0 Å². The zero-order chi connectivity index (χ0) is 11.6. The number of hydrogen-bond acceptors (Lipinski definition) is 4. The summed E-state index contributed by atoms with van der Waals surface area (Å²) in [6.07, 6.45) is -1.84. The summed E-state index contributed by atoms with van der Waals surface area (Å²) in [6, 6.07) is -2.12. The van der Waals surface area contributed by atoms with Crippen molar-refractivity contribution in [1.82, 2.24) is 10.2 Å². The number of carbonyl (C=O) groups is 3. The van der Waals surface area contributed by atoms with Gasteiger partial charge in [-0.15, -0.1) is 0 Å². The van der Waals surface area contributed by atoms with Crippen molar-refractivity contribution >= 4 is 17.9 Å². The standard InChI is InChI=1S/C7H10FN3O4/c8-3-1-11(2-4(9)6(13)14)7(15)10-5(3)12/h3-4H,1-2,9H2,(H,13,14)(H,10,12,15)/t3?,4-/m0/s1. The summed E-state index contributed by atoms with van der Waals surface area (Å²) in [5, 5.41) is 10.2. The van der Waals surface area contributed by atoms with E-state index < -0.39 is 36.7 Å². The largest absolute Gasteiger partial charge is 0.480 e. The maximum atomic E-state index is 12.9. The molecule has 7 nitrogen and oxygen atoms in total. The lowest BCUT2D eigenvalue weighted by molar-refractivity contribution is -0.138. The second-order valence-corrected chi connectivity index (χ2v) is 3.11. The number of nitrogens with two attached hydrogens (primary N) is 1. The van der Waals surface area contributed by atoms with Gasteiger partial charge in [0, 0.05) is 6.54 Å². The molecule has 0 spiro atoms. The predicted molar refractivity (Wildman–Crippen MR) is 45.6 cm³/mol. The first-order chi connectivity index (χ1) is 6.91. The molecule has 1 heterocycles. The third-order valence-corrected chi connectivity index (χ3v) is 1.92. The number of imide groups is 1. The minimum Gasteiger partial charge on any atom is -0.480 e. The Balaban J connectivity index is 2.59. The molecule has 0 aromatic rings. The lowest BCUT2D eigenvalue weighted by Crippen LogP contribution is -2.58. The first-order valence-electron chi connectivity index (χ1n) is 4.14. The quantitative estimate of drug-likeness (QED) is 0.523. The van der Waals surface area contributed by atoms with Gasteiger partial charge >= 0.3 is 12.0 Å². The molecule has 0 radical (unpaired) electrons. The molecule has 84 valence electrons. The highest BCUT2D eigenvalue weighted by Gasteiger charge is 2.33. The Labute approximate surface area is 84.0 Å². The molecule has 0 aliphatic carbocycles. The van der Waals surface area contributed by atoms with Crippen LogP contribution in [0.4, 0.5) is 9.18 Å². The number of aliphatic carboxylic acids is 1. The number of nitrogens with one attached hydrogen (secondary N) is 1. The number of carbonyl (C=O) groups excluding carboxylic acids is 2. The van der Waals surface area contributed by atoms with E-state index in [1.54, 1.807) is 5.32 Å². The summed E-state index contributed by atoms with van der Waals surface area (Å²) in [6.45, 7) is -0.805. The molecule has 0 saturated carbocycles. The predicted octanol–water partition coefficient (Wildman–Crippen LogP) is -1.71. The van der Waals surface area contributed by atoms with Gasteiger partial charge in [0.05, 0.1) is 6.54 Å². The molecule has 8 heteroatoms. The fourth-order valence-corrected chi connectivity index (χ4v) is 1.10. The Morgan fingerprint density at radius 2 is 2.33 bits per heavy atom. The molecule has 0 bridgehead atoms. The summed E-state index contributed by atoms with van der Waals surface area (Å²) in [5.41, 5.74) is 5.16. The number of hydrogen-bond donors (Lipinski definition) is 3. The maximum absolute atomic E-state index is 12.9. The number of rotatable bonds is 3. The van der Waals surface area contributed by atoms with Crippen LogP contribution in [0.2, 0.25) is 0 Å². The second-order valence-electron chi connectivity index (χ2n) is 3.11. The van der Waals surface area contributed by atoms with Gasteiger partial charge in [-0.25, -0.2) is 9.18 Å². The Kier molecular flexibility index (Phi) is 3.20. The van der Waals surface area contributed by atoms with Crippen LogP contribution in [-0.4, -0.2) is 53.2 Å². The summed E-state index contributed by atoms with van der Waals surface area (Å²) >= 11 is 0. The highest BCUT2D eigenvalue weighted by atomic mass is 19.1. The van der Waals surface area contributed by atoms with Crippen molar-refractivity contribution in [3.63, 3.8) is 0 Å². The molecule has 1 saturated heterocycles. The average molecular weight is 219 g/mol. The Morgan fingerprint density at radius 3 is 2.87 bits per heavy atom. The van der Waals surface area contributed by atoms with E-state index in [-0.39, 0.29) is 6.54 Å². The van der Waals surface area contributed by atoms with E-state index in [4.69, 9.17) is 10.8 Å². The molecule has 15 heavy (non-hydrogen) atoms. The average Bonchev–Trinajstić information content (AvgIpc) is 2.13.